The van der Waals surface area contributed by atoms with E-state index < -0.39 is 11.2 Å². The van der Waals surface area contributed by atoms with Crippen LogP contribution < -0.4 is 0 Å². The lowest BCUT2D eigenvalue weighted by Gasteiger charge is -2.42. The fraction of sp³-hybridized carbons (Fsp3) is 1.00. The fourth-order valence-corrected chi connectivity index (χ4v) is 2.72. The van der Waals surface area contributed by atoms with Gasteiger partial charge < -0.3 is 10.2 Å². The van der Waals surface area contributed by atoms with Crippen molar-refractivity contribution in [2.45, 2.75) is 58.7 Å². The Bertz CT molecular complexity index is 199. The molecular weight excluding hydrogens is 164 g/mol. The highest BCUT2D eigenvalue weighted by atomic mass is 16.3. The van der Waals surface area contributed by atoms with Crippen LogP contribution in [-0.2, 0) is 0 Å². The van der Waals surface area contributed by atoms with E-state index in [-0.39, 0.29) is 11.3 Å². The van der Waals surface area contributed by atoms with Gasteiger partial charge in [-0.05, 0) is 44.9 Å². The molecule has 2 nitrogen and oxygen atoms in total. The monoisotopic (exact) mass is 186 g/mol. The summed E-state index contributed by atoms with van der Waals surface area (Å²) in [6, 6.07) is 0. The number of hydrogen-bond donors (Lipinski definition) is 2. The van der Waals surface area contributed by atoms with Gasteiger partial charge >= 0.3 is 0 Å². The fourth-order valence-electron chi connectivity index (χ4n) is 2.72. The molecule has 0 aromatic carbocycles. The Kier molecular flexibility index (Phi) is 2.29. The lowest BCUT2D eigenvalue weighted by atomic mass is 9.68. The maximum absolute atomic E-state index is 10.1. The third kappa shape index (κ3) is 1.62. The van der Waals surface area contributed by atoms with Crippen LogP contribution in [0.4, 0.5) is 0 Å². The molecule has 1 fully saturated rings. The molecule has 0 spiro atoms. The van der Waals surface area contributed by atoms with Crippen molar-refractivity contribution < 1.29 is 10.2 Å². The van der Waals surface area contributed by atoms with Gasteiger partial charge in [-0.2, -0.15) is 0 Å². The first-order valence-corrected chi connectivity index (χ1v) is 5.04. The van der Waals surface area contributed by atoms with Crippen molar-refractivity contribution >= 4 is 0 Å². The van der Waals surface area contributed by atoms with E-state index in [1.165, 1.54) is 0 Å². The van der Waals surface area contributed by atoms with Gasteiger partial charge in [0.1, 0.15) is 0 Å². The predicted molar refractivity (Wildman–Crippen MR) is 53.4 cm³/mol. The van der Waals surface area contributed by atoms with Crippen LogP contribution in [0.15, 0.2) is 0 Å². The second-order valence-electron chi connectivity index (χ2n) is 5.74. The van der Waals surface area contributed by atoms with E-state index in [9.17, 15) is 10.2 Å². The van der Waals surface area contributed by atoms with Crippen LogP contribution in [0.2, 0.25) is 0 Å². The van der Waals surface area contributed by atoms with Gasteiger partial charge in [-0.3, -0.25) is 0 Å². The number of aliphatic hydroxyl groups is 2. The SMILES string of the molecule is CC(C)(O)C1CCC(C)(O)C1(C)C. The Hall–Kier alpha value is -0.0800. The molecule has 0 heterocycles. The molecule has 0 amide bonds. The molecule has 0 aromatic rings. The molecule has 2 heteroatoms. The third-order valence-electron chi connectivity index (χ3n) is 4.03. The standard InChI is InChI=1S/C11H22O2/c1-9(2)8(10(3,4)12)6-7-11(9,5)13/h8,12-13H,6-7H2,1-5H3. The van der Waals surface area contributed by atoms with Crippen LogP contribution in [0, 0.1) is 11.3 Å². The highest BCUT2D eigenvalue weighted by molar-refractivity contribution is 5.05. The third-order valence-corrected chi connectivity index (χ3v) is 4.03. The molecule has 13 heavy (non-hydrogen) atoms. The zero-order valence-corrected chi connectivity index (χ0v) is 9.39. The molecule has 0 radical (unpaired) electrons. The molecule has 2 unspecified atom stereocenters. The zero-order valence-electron chi connectivity index (χ0n) is 9.39. The Balaban J connectivity index is 2.95. The lowest BCUT2D eigenvalue weighted by Crippen LogP contribution is -2.46. The van der Waals surface area contributed by atoms with Crippen molar-refractivity contribution in [2.75, 3.05) is 0 Å². The predicted octanol–water partition coefficient (Wildman–Crippen LogP) is 1.94. The summed E-state index contributed by atoms with van der Waals surface area (Å²) in [4.78, 5) is 0. The molecule has 0 aliphatic heterocycles. The maximum atomic E-state index is 10.1. The van der Waals surface area contributed by atoms with Crippen LogP contribution in [0.5, 0.6) is 0 Å². The minimum atomic E-state index is -0.690. The second kappa shape index (κ2) is 2.71. The van der Waals surface area contributed by atoms with E-state index in [1.807, 2.05) is 34.6 Å². The summed E-state index contributed by atoms with van der Waals surface area (Å²) in [7, 11) is 0. The molecule has 0 bridgehead atoms. The quantitative estimate of drug-likeness (QED) is 0.657. The van der Waals surface area contributed by atoms with Gasteiger partial charge in [0.2, 0.25) is 0 Å². The van der Waals surface area contributed by atoms with E-state index in [4.69, 9.17) is 0 Å². The van der Waals surface area contributed by atoms with Gasteiger partial charge in [-0.1, -0.05) is 13.8 Å². The summed E-state index contributed by atoms with van der Waals surface area (Å²) in [5.41, 5.74) is -1.53. The minimum absolute atomic E-state index is 0.176. The van der Waals surface area contributed by atoms with Crippen molar-refractivity contribution in [3.63, 3.8) is 0 Å². The Morgan fingerprint density at radius 3 is 1.85 bits per heavy atom. The van der Waals surface area contributed by atoms with Crippen LogP contribution in [0.1, 0.15) is 47.5 Å². The van der Waals surface area contributed by atoms with Crippen molar-refractivity contribution in [3.8, 4) is 0 Å². The molecule has 1 saturated carbocycles. The summed E-state index contributed by atoms with van der Waals surface area (Å²) in [5.74, 6) is 0.176. The summed E-state index contributed by atoms with van der Waals surface area (Å²) in [5, 5.41) is 20.1. The Morgan fingerprint density at radius 1 is 1.23 bits per heavy atom. The molecule has 0 saturated heterocycles. The molecule has 2 N–H and O–H groups in total. The maximum Gasteiger partial charge on any atom is 0.0674 e. The second-order valence-corrected chi connectivity index (χ2v) is 5.74. The topological polar surface area (TPSA) is 40.5 Å². The van der Waals surface area contributed by atoms with E-state index in [1.54, 1.807) is 0 Å². The molecule has 0 aromatic heterocycles. The minimum Gasteiger partial charge on any atom is -0.390 e. The number of hydrogen-bond acceptors (Lipinski definition) is 2. The zero-order chi connectivity index (χ0) is 10.5. The average molecular weight is 186 g/mol. The summed E-state index contributed by atoms with van der Waals surface area (Å²) >= 11 is 0. The van der Waals surface area contributed by atoms with Gasteiger partial charge in [-0.25, -0.2) is 0 Å². The first-order chi connectivity index (χ1) is 5.59. The summed E-state index contributed by atoms with van der Waals surface area (Å²) in [6.07, 6.45) is 1.69. The van der Waals surface area contributed by atoms with Crippen molar-refractivity contribution in [1.29, 1.82) is 0 Å². The van der Waals surface area contributed by atoms with Crippen LogP contribution in [0.3, 0.4) is 0 Å². The van der Waals surface area contributed by atoms with Gasteiger partial charge in [0.25, 0.3) is 0 Å². The normalized spacial score (nSPS) is 39.5. The first kappa shape index (κ1) is 11.0. The highest BCUT2D eigenvalue weighted by Gasteiger charge is 2.54. The first-order valence-electron chi connectivity index (χ1n) is 5.04. The van der Waals surface area contributed by atoms with Gasteiger partial charge in [-0.15, -0.1) is 0 Å². The lowest BCUT2D eigenvalue weighted by molar-refractivity contribution is -0.0934. The van der Waals surface area contributed by atoms with E-state index in [2.05, 4.69) is 0 Å². The van der Waals surface area contributed by atoms with Crippen LogP contribution >= 0.6 is 0 Å². The largest absolute Gasteiger partial charge is 0.390 e. The molecule has 1 aliphatic carbocycles. The average Bonchev–Trinajstić information content (AvgIpc) is 2.00. The molecule has 2 atom stereocenters. The van der Waals surface area contributed by atoms with Crippen molar-refractivity contribution in [2.24, 2.45) is 11.3 Å². The molecule has 78 valence electrons. The summed E-state index contributed by atoms with van der Waals surface area (Å²) in [6.45, 7) is 9.63. The van der Waals surface area contributed by atoms with Crippen LogP contribution in [-0.4, -0.2) is 21.4 Å². The van der Waals surface area contributed by atoms with E-state index in [0.29, 0.717) is 0 Å². The van der Waals surface area contributed by atoms with Crippen LogP contribution in [0.25, 0.3) is 0 Å². The Morgan fingerprint density at radius 2 is 1.69 bits per heavy atom. The molecular formula is C11H22O2. The number of rotatable bonds is 1. The summed E-state index contributed by atoms with van der Waals surface area (Å²) < 4.78 is 0. The molecule has 1 rings (SSSR count). The highest BCUT2D eigenvalue weighted by Crippen LogP contribution is 2.53. The van der Waals surface area contributed by atoms with Gasteiger partial charge in [0, 0.05) is 0 Å². The van der Waals surface area contributed by atoms with Gasteiger partial charge in [0.15, 0.2) is 0 Å². The van der Waals surface area contributed by atoms with Gasteiger partial charge in [0.05, 0.1) is 11.2 Å². The smallest absolute Gasteiger partial charge is 0.0674 e. The van der Waals surface area contributed by atoms with Crippen molar-refractivity contribution in [1.82, 2.24) is 0 Å². The van der Waals surface area contributed by atoms with E-state index in [0.717, 1.165) is 12.8 Å². The van der Waals surface area contributed by atoms with E-state index >= 15 is 0 Å². The molecule has 1 aliphatic rings. The Labute approximate surface area is 81.0 Å². The van der Waals surface area contributed by atoms with Crippen molar-refractivity contribution in [3.05, 3.63) is 0 Å².